The van der Waals surface area contributed by atoms with Crippen LogP contribution in [0.2, 0.25) is 0 Å². The fourth-order valence-electron chi connectivity index (χ4n) is 2.52. The fourth-order valence-corrected chi connectivity index (χ4v) is 2.79. The molecule has 1 saturated heterocycles. The lowest BCUT2D eigenvalue weighted by Crippen LogP contribution is -2.51. The van der Waals surface area contributed by atoms with Crippen LogP contribution in [-0.2, 0) is 4.79 Å². The van der Waals surface area contributed by atoms with Crippen LogP contribution in [0.3, 0.4) is 0 Å². The van der Waals surface area contributed by atoms with Gasteiger partial charge in [0.2, 0.25) is 5.91 Å². The number of carbonyl (C=O) groups excluding carboxylic acids is 1. The summed E-state index contributed by atoms with van der Waals surface area (Å²) >= 11 is 3.43. The summed E-state index contributed by atoms with van der Waals surface area (Å²) in [5, 5.41) is 6.47. The molecule has 0 aromatic heterocycles. The normalized spacial score (nSPS) is 24.2. The van der Waals surface area contributed by atoms with Gasteiger partial charge in [0.15, 0.2) is 0 Å². The highest BCUT2D eigenvalue weighted by Gasteiger charge is 2.36. The first-order chi connectivity index (χ1) is 9.05. The van der Waals surface area contributed by atoms with Crippen molar-refractivity contribution >= 4 is 21.8 Å². The second-order valence-corrected chi connectivity index (χ2v) is 6.26. The number of benzene rings is 1. The van der Waals surface area contributed by atoms with E-state index in [-0.39, 0.29) is 11.9 Å². The molecule has 1 amide bonds. The van der Waals surface area contributed by atoms with E-state index in [0.717, 1.165) is 35.8 Å². The lowest BCUT2D eigenvalue weighted by Gasteiger charge is -2.27. The predicted octanol–water partition coefficient (Wildman–Crippen LogP) is 3.16. The van der Waals surface area contributed by atoms with Gasteiger partial charge in [0, 0.05) is 4.47 Å². The first-order valence-electron chi connectivity index (χ1n) is 6.86. The molecule has 19 heavy (non-hydrogen) atoms. The Morgan fingerprint density at radius 1 is 1.47 bits per heavy atom. The fraction of sp³-hybridized carbons (Fsp3) is 0.533. The summed E-state index contributed by atoms with van der Waals surface area (Å²) in [5.74, 6) is 0.111. The molecule has 0 radical (unpaired) electrons. The molecule has 2 rings (SSSR count). The molecule has 1 aromatic rings. The van der Waals surface area contributed by atoms with Gasteiger partial charge in [0.05, 0.1) is 11.6 Å². The third-order valence-corrected chi connectivity index (χ3v) is 4.38. The Bertz CT molecular complexity index is 438. The number of halogens is 1. The zero-order valence-corrected chi connectivity index (χ0v) is 13.1. The SMILES string of the molecule is CCC(NC(=O)C1(C)CCCN1)c1ccc(Br)cc1. The summed E-state index contributed by atoms with van der Waals surface area (Å²) in [7, 11) is 0. The zero-order valence-electron chi connectivity index (χ0n) is 11.5. The third-order valence-electron chi connectivity index (χ3n) is 3.86. The summed E-state index contributed by atoms with van der Waals surface area (Å²) in [6.45, 7) is 5.01. The van der Waals surface area contributed by atoms with E-state index in [2.05, 4.69) is 45.6 Å². The van der Waals surface area contributed by atoms with Gasteiger partial charge in [0.25, 0.3) is 0 Å². The van der Waals surface area contributed by atoms with Gasteiger partial charge in [-0.1, -0.05) is 35.0 Å². The van der Waals surface area contributed by atoms with Crippen molar-refractivity contribution < 1.29 is 4.79 Å². The minimum Gasteiger partial charge on any atom is -0.348 e. The molecule has 2 N–H and O–H groups in total. The standard InChI is InChI=1S/C15H21BrN2O/c1-3-13(11-5-7-12(16)8-6-11)18-14(19)15(2)9-4-10-17-15/h5-8,13,17H,3-4,9-10H2,1-2H3,(H,18,19). The number of hydrogen-bond donors (Lipinski definition) is 2. The molecule has 0 aliphatic carbocycles. The van der Waals surface area contributed by atoms with Crippen molar-refractivity contribution in [1.82, 2.24) is 10.6 Å². The van der Waals surface area contributed by atoms with E-state index in [1.165, 1.54) is 0 Å². The summed E-state index contributed by atoms with van der Waals surface area (Å²) in [6.07, 6.45) is 2.87. The summed E-state index contributed by atoms with van der Waals surface area (Å²) in [4.78, 5) is 12.4. The molecule has 1 aliphatic heterocycles. The Morgan fingerprint density at radius 3 is 2.68 bits per heavy atom. The first kappa shape index (κ1) is 14.5. The van der Waals surface area contributed by atoms with Crippen molar-refractivity contribution in [3.63, 3.8) is 0 Å². The van der Waals surface area contributed by atoms with Crippen LogP contribution in [0.5, 0.6) is 0 Å². The van der Waals surface area contributed by atoms with Crippen LogP contribution < -0.4 is 10.6 Å². The average Bonchev–Trinajstić information content (AvgIpc) is 2.85. The molecule has 2 atom stereocenters. The van der Waals surface area contributed by atoms with Gasteiger partial charge in [-0.2, -0.15) is 0 Å². The van der Waals surface area contributed by atoms with E-state index >= 15 is 0 Å². The van der Waals surface area contributed by atoms with Gasteiger partial charge in [-0.25, -0.2) is 0 Å². The highest BCUT2D eigenvalue weighted by Crippen LogP contribution is 2.23. The highest BCUT2D eigenvalue weighted by molar-refractivity contribution is 9.10. The number of hydrogen-bond acceptors (Lipinski definition) is 2. The molecule has 0 saturated carbocycles. The van der Waals surface area contributed by atoms with Crippen molar-refractivity contribution in [3.05, 3.63) is 34.3 Å². The Morgan fingerprint density at radius 2 is 2.16 bits per heavy atom. The van der Waals surface area contributed by atoms with E-state index in [9.17, 15) is 4.79 Å². The van der Waals surface area contributed by atoms with Crippen LogP contribution in [-0.4, -0.2) is 18.0 Å². The number of carbonyl (C=O) groups is 1. The summed E-state index contributed by atoms with van der Waals surface area (Å²) < 4.78 is 1.06. The summed E-state index contributed by atoms with van der Waals surface area (Å²) in [5.41, 5.74) is 0.753. The third kappa shape index (κ3) is 3.37. The number of amides is 1. The minimum atomic E-state index is -0.400. The Balaban J connectivity index is 2.06. The van der Waals surface area contributed by atoms with Gasteiger partial charge in [0.1, 0.15) is 0 Å². The van der Waals surface area contributed by atoms with Crippen molar-refractivity contribution in [3.8, 4) is 0 Å². The monoisotopic (exact) mass is 324 g/mol. The molecule has 1 fully saturated rings. The second kappa shape index (κ2) is 6.06. The molecule has 104 valence electrons. The Labute approximate surface area is 123 Å². The molecular weight excluding hydrogens is 304 g/mol. The first-order valence-corrected chi connectivity index (χ1v) is 7.66. The van der Waals surface area contributed by atoms with Crippen LogP contribution in [0.1, 0.15) is 44.7 Å². The maximum atomic E-state index is 12.4. The van der Waals surface area contributed by atoms with Gasteiger partial charge < -0.3 is 10.6 Å². The van der Waals surface area contributed by atoms with Crippen molar-refractivity contribution in [1.29, 1.82) is 0 Å². The van der Waals surface area contributed by atoms with Crippen molar-refractivity contribution in [2.75, 3.05) is 6.54 Å². The van der Waals surface area contributed by atoms with Crippen LogP contribution in [0.25, 0.3) is 0 Å². The topological polar surface area (TPSA) is 41.1 Å². The molecular formula is C15H21BrN2O. The molecule has 0 bridgehead atoms. The van der Waals surface area contributed by atoms with Gasteiger partial charge in [-0.15, -0.1) is 0 Å². The van der Waals surface area contributed by atoms with Crippen molar-refractivity contribution in [2.24, 2.45) is 0 Å². The molecule has 3 nitrogen and oxygen atoms in total. The van der Waals surface area contributed by atoms with E-state index in [1.807, 2.05) is 19.1 Å². The van der Waals surface area contributed by atoms with Gasteiger partial charge in [-0.3, -0.25) is 4.79 Å². The number of rotatable bonds is 4. The lowest BCUT2D eigenvalue weighted by atomic mass is 9.97. The molecule has 1 aromatic carbocycles. The molecule has 4 heteroatoms. The van der Waals surface area contributed by atoms with E-state index in [0.29, 0.717) is 0 Å². The minimum absolute atomic E-state index is 0.0832. The maximum absolute atomic E-state index is 12.4. The van der Waals surface area contributed by atoms with Crippen molar-refractivity contribution in [2.45, 2.75) is 44.7 Å². The second-order valence-electron chi connectivity index (χ2n) is 5.35. The smallest absolute Gasteiger partial charge is 0.240 e. The van der Waals surface area contributed by atoms with E-state index in [4.69, 9.17) is 0 Å². The maximum Gasteiger partial charge on any atom is 0.240 e. The van der Waals surface area contributed by atoms with Crippen LogP contribution in [0.4, 0.5) is 0 Å². The quantitative estimate of drug-likeness (QED) is 0.893. The molecule has 1 heterocycles. The van der Waals surface area contributed by atoms with Gasteiger partial charge >= 0.3 is 0 Å². The number of nitrogens with one attached hydrogen (secondary N) is 2. The Kier molecular flexibility index (Phi) is 4.63. The molecule has 2 unspecified atom stereocenters. The van der Waals surface area contributed by atoms with Gasteiger partial charge in [-0.05, 0) is 50.4 Å². The Hall–Kier alpha value is -0.870. The summed E-state index contributed by atoms with van der Waals surface area (Å²) in [6, 6.07) is 8.23. The molecule has 0 spiro atoms. The lowest BCUT2D eigenvalue weighted by molar-refractivity contribution is -0.127. The van der Waals surface area contributed by atoms with Crippen LogP contribution in [0, 0.1) is 0 Å². The molecule has 1 aliphatic rings. The highest BCUT2D eigenvalue weighted by atomic mass is 79.9. The van der Waals surface area contributed by atoms with Crippen LogP contribution >= 0.6 is 15.9 Å². The largest absolute Gasteiger partial charge is 0.348 e. The van der Waals surface area contributed by atoms with E-state index in [1.54, 1.807) is 0 Å². The predicted molar refractivity (Wildman–Crippen MR) is 81.0 cm³/mol. The van der Waals surface area contributed by atoms with E-state index < -0.39 is 5.54 Å². The average molecular weight is 325 g/mol. The van der Waals surface area contributed by atoms with Crippen LogP contribution in [0.15, 0.2) is 28.7 Å². The zero-order chi connectivity index (χ0) is 13.9.